The molecule has 1 aromatic carbocycles. The Hall–Kier alpha value is -1.09. The van der Waals surface area contributed by atoms with Gasteiger partial charge in [-0.2, -0.15) is 0 Å². The molecule has 1 aliphatic rings. The number of aryl methyl sites for hydroxylation is 1. The maximum Gasteiger partial charge on any atom is 0.126 e. The first kappa shape index (κ1) is 11.4. The van der Waals surface area contributed by atoms with Crippen LogP contribution in [0.5, 0.6) is 0 Å². The Morgan fingerprint density at radius 3 is 2.75 bits per heavy atom. The summed E-state index contributed by atoms with van der Waals surface area (Å²) in [5.41, 5.74) is 1.71. The SMILES string of the molecule is Cc1cc(NCCN2CCCC2)ccc1F. The van der Waals surface area contributed by atoms with E-state index in [1.165, 1.54) is 32.0 Å². The van der Waals surface area contributed by atoms with Crippen LogP contribution in [0.15, 0.2) is 18.2 Å². The highest BCUT2D eigenvalue weighted by Crippen LogP contribution is 2.13. The number of rotatable bonds is 4. The first-order valence-corrected chi connectivity index (χ1v) is 5.98. The normalized spacial score (nSPS) is 16.6. The molecular weight excluding hydrogens is 203 g/mol. The van der Waals surface area contributed by atoms with Crippen molar-refractivity contribution in [2.24, 2.45) is 0 Å². The highest BCUT2D eigenvalue weighted by Gasteiger charge is 2.10. The van der Waals surface area contributed by atoms with Crippen molar-refractivity contribution in [3.63, 3.8) is 0 Å². The first-order valence-electron chi connectivity index (χ1n) is 5.98. The molecule has 0 radical (unpaired) electrons. The van der Waals surface area contributed by atoms with E-state index in [1.54, 1.807) is 13.0 Å². The largest absolute Gasteiger partial charge is 0.384 e. The molecule has 0 unspecified atom stereocenters. The van der Waals surface area contributed by atoms with Gasteiger partial charge in [0, 0.05) is 18.8 Å². The number of anilines is 1. The van der Waals surface area contributed by atoms with Gasteiger partial charge in [0.15, 0.2) is 0 Å². The van der Waals surface area contributed by atoms with E-state index in [0.717, 1.165) is 18.8 Å². The van der Waals surface area contributed by atoms with Crippen LogP contribution >= 0.6 is 0 Å². The fourth-order valence-corrected chi connectivity index (χ4v) is 2.12. The Bertz CT molecular complexity index is 346. The van der Waals surface area contributed by atoms with Gasteiger partial charge in [0.25, 0.3) is 0 Å². The second kappa shape index (κ2) is 5.30. The molecule has 1 heterocycles. The highest BCUT2D eigenvalue weighted by atomic mass is 19.1. The Morgan fingerprint density at radius 1 is 1.31 bits per heavy atom. The molecule has 1 aliphatic heterocycles. The molecule has 1 N–H and O–H groups in total. The summed E-state index contributed by atoms with van der Waals surface area (Å²) in [7, 11) is 0. The number of nitrogens with zero attached hydrogens (tertiary/aromatic N) is 1. The number of hydrogen-bond donors (Lipinski definition) is 1. The lowest BCUT2D eigenvalue weighted by atomic mass is 10.2. The highest BCUT2D eigenvalue weighted by molar-refractivity contribution is 5.45. The minimum Gasteiger partial charge on any atom is -0.384 e. The molecule has 2 nitrogen and oxygen atoms in total. The van der Waals surface area contributed by atoms with Gasteiger partial charge in [0.2, 0.25) is 0 Å². The predicted molar refractivity (Wildman–Crippen MR) is 65.3 cm³/mol. The average Bonchev–Trinajstić information content (AvgIpc) is 2.76. The van der Waals surface area contributed by atoms with E-state index in [1.807, 2.05) is 6.07 Å². The average molecular weight is 222 g/mol. The molecule has 1 aromatic rings. The van der Waals surface area contributed by atoms with Crippen molar-refractivity contribution in [3.8, 4) is 0 Å². The van der Waals surface area contributed by atoms with Gasteiger partial charge in [-0.1, -0.05) is 0 Å². The molecule has 88 valence electrons. The molecule has 0 atom stereocenters. The molecule has 0 saturated carbocycles. The molecule has 0 bridgehead atoms. The molecular formula is C13H19FN2. The van der Waals surface area contributed by atoms with Crippen molar-refractivity contribution in [2.45, 2.75) is 19.8 Å². The predicted octanol–water partition coefficient (Wildman–Crippen LogP) is 2.64. The van der Waals surface area contributed by atoms with Crippen LogP contribution in [0, 0.1) is 12.7 Å². The molecule has 0 amide bonds. The van der Waals surface area contributed by atoms with E-state index in [9.17, 15) is 4.39 Å². The lowest BCUT2D eigenvalue weighted by molar-refractivity contribution is 0.352. The van der Waals surface area contributed by atoms with Crippen molar-refractivity contribution < 1.29 is 4.39 Å². The zero-order valence-electron chi connectivity index (χ0n) is 9.80. The quantitative estimate of drug-likeness (QED) is 0.842. The summed E-state index contributed by atoms with van der Waals surface area (Å²) < 4.78 is 13.0. The zero-order valence-corrected chi connectivity index (χ0v) is 9.80. The number of nitrogens with one attached hydrogen (secondary N) is 1. The summed E-state index contributed by atoms with van der Waals surface area (Å²) in [6.07, 6.45) is 2.66. The fraction of sp³-hybridized carbons (Fsp3) is 0.538. The number of benzene rings is 1. The molecule has 1 fully saturated rings. The molecule has 1 saturated heterocycles. The van der Waals surface area contributed by atoms with Crippen LogP contribution in [-0.4, -0.2) is 31.1 Å². The van der Waals surface area contributed by atoms with Gasteiger partial charge in [0.1, 0.15) is 5.82 Å². The summed E-state index contributed by atoms with van der Waals surface area (Å²) in [6, 6.07) is 5.18. The number of likely N-dealkylation sites (tertiary alicyclic amines) is 1. The Balaban J connectivity index is 1.78. The van der Waals surface area contributed by atoms with Crippen LogP contribution in [-0.2, 0) is 0 Å². The van der Waals surface area contributed by atoms with E-state index in [2.05, 4.69) is 10.2 Å². The number of hydrogen-bond acceptors (Lipinski definition) is 2. The van der Waals surface area contributed by atoms with Gasteiger partial charge in [-0.3, -0.25) is 0 Å². The smallest absolute Gasteiger partial charge is 0.126 e. The summed E-state index contributed by atoms with van der Waals surface area (Å²) in [4.78, 5) is 2.46. The third kappa shape index (κ3) is 2.95. The molecule has 16 heavy (non-hydrogen) atoms. The molecule has 0 aliphatic carbocycles. The zero-order chi connectivity index (χ0) is 11.4. The van der Waals surface area contributed by atoms with Gasteiger partial charge in [-0.25, -0.2) is 4.39 Å². The lowest BCUT2D eigenvalue weighted by Crippen LogP contribution is -2.25. The summed E-state index contributed by atoms with van der Waals surface area (Å²) in [5, 5.41) is 3.33. The summed E-state index contributed by atoms with van der Waals surface area (Å²) >= 11 is 0. The van der Waals surface area contributed by atoms with Crippen LogP contribution in [0.1, 0.15) is 18.4 Å². The van der Waals surface area contributed by atoms with Crippen molar-refractivity contribution >= 4 is 5.69 Å². The van der Waals surface area contributed by atoms with Crippen LogP contribution in [0.2, 0.25) is 0 Å². The van der Waals surface area contributed by atoms with E-state index >= 15 is 0 Å². The Morgan fingerprint density at radius 2 is 2.06 bits per heavy atom. The standard InChI is InChI=1S/C13H19FN2/c1-11-10-12(4-5-13(11)14)15-6-9-16-7-2-3-8-16/h4-5,10,15H,2-3,6-9H2,1H3. The van der Waals surface area contributed by atoms with Crippen LogP contribution < -0.4 is 5.32 Å². The van der Waals surface area contributed by atoms with Crippen molar-refractivity contribution in [1.29, 1.82) is 0 Å². The molecule has 2 rings (SSSR count). The summed E-state index contributed by atoms with van der Waals surface area (Å²) in [6.45, 7) is 6.26. The minimum atomic E-state index is -0.134. The van der Waals surface area contributed by atoms with Crippen LogP contribution in [0.3, 0.4) is 0 Å². The third-order valence-electron chi connectivity index (χ3n) is 3.11. The summed E-state index contributed by atoms with van der Waals surface area (Å²) in [5.74, 6) is -0.134. The fourth-order valence-electron chi connectivity index (χ4n) is 2.12. The van der Waals surface area contributed by atoms with Crippen molar-refractivity contribution in [3.05, 3.63) is 29.6 Å². The van der Waals surface area contributed by atoms with E-state index in [0.29, 0.717) is 5.56 Å². The first-order chi connectivity index (χ1) is 7.75. The van der Waals surface area contributed by atoms with E-state index in [4.69, 9.17) is 0 Å². The second-order valence-electron chi connectivity index (χ2n) is 4.44. The van der Waals surface area contributed by atoms with Gasteiger partial charge in [-0.15, -0.1) is 0 Å². The van der Waals surface area contributed by atoms with Crippen LogP contribution in [0.25, 0.3) is 0 Å². The molecule has 0 aromatic heterocycles. The molecule has 0 spiro atoms. The van der Waals surface area contributed by atoms with Crippen LogP contribution in [0.4, 0.5) is 10.1 Å². The Kier molecular flexibility index (Phi) is 3.78. The monoisotopic (exact) mass is 222 g/mol. The van der Waals surface area contributed by atoms with E-state index < -0.39 is 0 Å². The van der Waals surface area contributed by atoms with Gasteiger partial charge in [0.05, 0.1) is 0 Å². The maximum absolute atomic E-state index is 13.0. The van der Waals surface area contributed by atoms with Gasteiger partial charge < -0.3 is 10.2 Å². The van der Waals surface area contributed by atoms with Crippen molar-refractivity contribution in [2.75, 3.05) is 31.5 Å². The van der Waals surface area contributed by atoms with Crippen molar-refractivity contribution in [1.82, 2.24) is 4.90 Å². The second-order valence-corrected chi connectivity index (χ2v) is 4.44. The topological polar surface area (TPSA) is 15.3 Å². The van der Waals surface area contributed by atoms with Gasteiger partial charge in [-0.05, 0) is 56.6 Å². The number of halogens is 1. The lowest BCUT2D eigenvalue weighted by Gasteiger charge is -2.15. The third-order valence-corrected chi connectivity index (χ3v) is 3.11. The minimum absolute atomic E-state index is 0.134. The Labute approximate surface area is 96.5 Å². The van der Waals surface area contributed by atoms with Gasteiger partial charge >= 0.3 is 0 Å². The molecule has 3 heteroatoms. The maximum atomic E-state index is 13.0. The van der Waals surface area contributed by atoms with E-state index in [-0.39, 0.29) is 5.82 Å².